The van der Waals surface area contributed by atoms with E-state index in [-0.39, 0.29) is 0 Å². The van der Waals surface area contributed by atoms with E-state index < -0.39 is 12.7 Å². The lowest BCUT2D eigenvalue weighted by Crippen LogP contribution is -2.49. The van der Waals surface area contributed by atoms with Crippen molar-refractivity contribution in [1.29, 1.82) is 0 Å². The van der Waals surface area contributed by atoms with E-state index in [0.29, 0.717) is 37.5 Å². The molecule has 114 valence electrons. The number of imidazole rings is 1. The standard InChI is InChI=1S/C12H15F3N6/c1-19-8-18-9-10(19)16-7-17-11(9)21-4-2-20(3-5-21)6-12(13,14)15/h7-8H,2-6H2,1H3. The van der Waals surface area contributed by atoms with Crippen molar-refractivity contribution in [2.45, 2.75) is 6.18 Å². The van der Waals surface area contributed by atoms with Crippen LogP contribution in [0.15, 0.2) is 12.7 Å². The van der Waals surface area contributed by atoms with Gasteiger partial charge in [0.15, 0.2) is 17.0 Å². The average molecular weight is 300 g/mol. The summed E-state index contributed by atoms with van der Waals surface area (Å²) < 4.78 is 38.9. The molecule has 3 rings (SSSR count). The minimum atomic E-state index is -4.15. The molecule has 0 aliphatic carbocycles. The van der Waals surface area contributed by atoms with E-state index in [1.54, 1.807) is 10.9 Å². The molecular weight excluding hydrogens is 285 g/mol. The maximum atomic E-state index is 12.4. The second-order valence-corrected chi connectivity index (χ2v) is 5.10. The summed E-state index contributed by atoms with van der Waals surface area (Å²) in [5, 5.41) is 0. The van der Waals surface area contributed by atoms with Crippen LogP contribution in [0.3, 0.4) is 0 Å². The molecule has 0 aromatic carbocycles. The number of halogens is 3. The van der Waals surface area contributed by atoms with Gasteiger partial charge in [-0.05, 0) is 0 Å². The zero-order valence-corrected chi connectivity index (χ0v) is 11.5. The van der Waals surface area contributed by atoms with Gasteiger partial charge in [-0.15, -0.1) is 0 Å². The third kappa shape index (κ3) is 2.92. The summed E-state index contributed by atoms with van der Waals surface area (Å²) in [6, 6.07) is 0. The van der Waals surface area contributed by atoms with Crippen molar-refractivity contribution in [2.24, 2.45) is 7.05 Å². The molecule has 2 aromatic rings. The minimum Gasteiger partial charge on any atom is -0.352 e. The van der Waals surface area contributed by atoms with Crippen molar-refractivity contribution in [2.75, 3.05) is 37.6 Å². The van der Waals surface area contributed by atoms with Crippen molar-refractivity contribution in [3.8, 4) is 0 Å². The van der Waals surface area contributed by atoms with E-state index in [1.165, 1.54) is 11.2 Å². The Bertz CT molecular complexity index is 629. The fourth-order valence-electron chi connectivity index (χ4n) is 2.54. The monoisotopic (exact) mass is 300 g/mol. The van der Waals surface area contributed by atoms with Gasteiger partial charge in [-0.1, -0.05) is 0 Å². The van der Waals surface area contributed by atoms with Crippen LogP contribution in [0.5, 0.6) is 0 Å². The summed E-state index contributed by atoms with van der Waals surface area (Å²) in [5.74, 6) is 0.687. The molecule has 0 bridgehead atoms. The molecule has 0 radical (unpaired) electrons. The molecule has 3 heterocycles. The molecule has 6 nitrogen and oxygen atoms in total. The van der Waals surface area contributed by atoms with Crippen molar-refractivity contribution >= 4 is 17.0 Å². The summed E-state index contributed by atoms with van der Waals surface area (Å²) in [5.41, 5.74) is 1.40. The Morgan fingerprint density at radius 1 is 1.10 bits per heavy atom. The average Bonchev–Trinajstić information content (AvgIpc) is 2.80. The van der Waals surface area contributed by atoms with Crippen LogP contribution in [-0.2, 0) is 7.05 Å². The van der Waals surface area contributed by atoms with Gasteiger partial charge in [0.1, 0.15) is 6.33 Å². The summed E-state index contributed by atoms with van der Waals surface area (Å²) in [6.07, 6.45) is -1.03. The van der Waals surface area contributed by atoms with E-state index in [9.17, 15) is 13.2 Å². The van der Waals surface area contributed by atoms with Crippen molar-refractivity contribution in [3.05, 3.63) is 12.7 Å². The van der Waals surface area contributed by atoms with E-state index in [1.807, 2.05) is 11.9 Å². The van der Waals surface area contributed by atoms with E-state index >= 15 is 0 Å². The SMILES string of the molecule is Cn1cnc2c(N3CCN(CC(F)(F)F)CC3)ncnc21. The minimum absolute atomic E-state index is 0.359. The molecule has 0 unspecified atom stereocenters. The smallest absolute Gasteiger partial charge is 0.352 e. The molecule has 21 heavy (non-hydrogen) atoms. The first-order chi connectivity index (χ1) is 9.94. The Kier molecular flexibility index (Phi) is 3.44. The lowest BCUT2D eigenvalue weighted by atomic mass is 10.3. The molecule has 1 fully saturated rings. The van der Waals surface area contributed by atoms with Crippen LogP contribution in [-0.4, -0.2) is 63.3 Å². The highest BCUT2D eigenvalue weighted by atomic mass is 19.4. The van der Waals surface area contributed by atoms with E-state index in [0.717, 1.165) is 5.65 Å². The van der Waals surface area contributed by atoms with Crippen LogP contribution < -0.4 is 4.90 Å². The van der Waals surface area contributed by atoms with E-state index in [4.69, 9.17) is 0 Å². The normalized spacial score (nSPS) is 17.6. The van der Waals surface area contributed by atoms with E-state index in [2.05, 4.69) is 15.0 Å². The molecule has 1 aliphatic heterocycles. The van der Waals surface area contributed by atoms with Crippen LogP contribution in [0.2, 0.25) is 0 Å². The third-order valence-electron chi connectivity index (χ3n) is 3.55. The Balaban J connectivity index is 1.74. The van der Waals surface area contributed by atoms with Gasteiger partial charge in [0.25, 0.3) is 0 Å². The summed E-state index contributed by atoms with van der Waals surface area (Å²) in [7, 11) is 1.84. The zero-order chi connectivity index (χ0) is 15.0. The molecule has 0 atom stereocenters. The number of alkyl halides is 3. The molecular formula is C12H15F3N6. The highest BCUT2D eigenvalue weighted by Gasteiger charge is 2.32. The highest BCUT2D eigenvalue weighted by Crippen LogP contribution is 2.23. The van der Waals surface area contributed by atoms with Gasteiger partial charge < -0.3 is 9.47 Å². The number of aryl methyl sites for hydroxylation is 1. The number of hydrogen-bond donors (Lipinski definition) is 0. The number of hydrogen-bond acceptors (Lipinski definition) is 5. The molecule has 0 spiro atoms. The Hall–Kier alpha value is -1.90. The number of aromatic nitrogens is 4. The van der Waals surface area contributed by atoms with Gasteiger partial charge in [-0.2, -0.15) is 13.2 Å². The van der Waals surface area contributed by atoms with Gasteiger partial charge >= 0.3 is 6.18 Å². The number of fused-ring (bicyclic) bond motifs is 1. The zero-order valence-electron chi connectivity index (χ0n) is 11.5. The van der Waals surface area contributed by atoms with Gasteiger partial charge in [-0.25, -0.2) is 15.0 Å². The van der Waals surface area contributed by atoms with Gasteiger partial charge in [0.2, 0.25) is 0 Å². The number of anilines is 1. The Morgan fingerprint density at radius 2 is 1.81 bits per heavy atom. The Morgan fingerprint density at radius 3 is 2.48 bits per heavy atom. The van der Waals surface area contributed by atoms with Gasteiger partial charge in [-0.3, -0.25) is 4.90 Å². The van der Waals surface area contributed by atoms with Crippen molar-refractivity contribution in [1.82, 2.24) is 24.4 Å². The first-order valence-corrected chi connectivity index (χ1v) is 6.60. The molecule has 2 aromatic heterocycles. The third-order valence-corrected chi connectivity index (χ3v) is 3.55. The predicted molar refractivity (Wildman–Crippen MR) is 71.0 cm³/mol. The van der Waals surface area contributed by atoms with Crippen LogP contribution >= 0.6 is 0 Å². The largest absolute Gasteiger partial charge is 0.401 e. The molecule has 0 amide bonds. The molecule has 0 N–H and O–H groups in total. The maximum Gasteiger partial charge on any atom is 0.401 e. The fourth-order valence-corrected chi connectivity index (χ4v) is 2.54. The van der Waals surface area contributed by atoms with Crippen LogP contribution in [0, 0.1) is 0 Å². The van der Waals surface area contributed by atoms with Crippen molar-refractivity contribution in [3.63, 3.8) is 0 Å². The molecule has 0 saturated carbocycles. The lowest BCUT2D eigenvalue weighted by molar-refractivity contribution is -0.146. The summed E-state index contributed by atoms with van der Waals surface area (Å²) in [4.78, 5) is 16.1. The number of rotatable bonds is 2. The fraction of sp³-hybridized carbons (Fsp3) is 0.583. The van der Waals surface area contributed by atoms with Crippen LogP contribution in [0.1, 0.15) is 0 Å². The summed E-state index contributed by atoms with van der Waals surface area (Å²) >= 11 is 0. The van der Waals surface area contributed by atoms with Crippen LogP contribution in [0.25, 0.3) is 11.2 Å². The number of nitrogens with zero attached hydrogens (tertiary/aromatic N) is 6. The van der Waals surface area contributed by atoms with Crippen molar-refractivity contribution < 1.29 is 13.2 Å². The topological polar surface area (TPSA) is 50.1 Å². The first-order valence-electron chi connectivity index (χ1n) is 6.60. The first kappa shape index (κ1) is 14.1. The molecule has 9 heteroatoms. The number of piperazine rings is 1. The maximum absolute atomic E-state index is 12.4. The molecule has 1 saturated heterocycles. The highest BCUT2D eigenvalue weighted by molar-refractivity contribution is 5.83. The van der Waals surface area contributed by atoms with Gasteiger partial charge in [0, 0.05) is 33.2 Å². The summed E-state index contributed by atoms with van der Waals surface area (Å²) in [6.45, 7) is 0.858. The second-order valence-electron chi connectivity index (χ2n) is 5.10. The Labute approximate surface area is 119 Å². The lowest BCUT2D eigenvalue weighted by Gasteiger charge is -2.35. The second kappa shape index (κ2) is 5.14. The molecule has 1 aliphatic rings. The van der Waals surface area contributed by atoms with Gasteiger partial charge in [0.05, 0.1) is 12.9 Å². The quantitative estimate of drug-likeness (QED) is 0.830. The predicted octanol–water partition coefficient (Wildman–Crippen LogP) is 1.05. The van der Waals surface area contributed by atoms with Crippen LogP contribution in [0.4, 0.5) is 19.0 Å².